The summed E-state index contributed by atoms with van der Waals surface area (Å²) in [5, 5.41) is 2.73. The second-order valence-corrected chi connectivity index (χ2v) is 5.14. The van der Waals surface area contributed by atoms with Crippen LogP contribution in [0.1, 0.15) is 5.56 Å². The van der Waals surface area contributed by atoms with E-state index in [1.54, 1.807) is 0 Å². The number of rotatable bonds is 5. The number of carbonyl (C=O) groups excluding carboxylic acids is 1. The summed E-state index contributed by atoms with van der Waals surface area (Å²) < 4.78 is 26.3. The molecule has 1 N–H and O–H groups in total. The van der Waals surface area contributed by atoms with E-state index in [0.29, 0.717) is 6.54 Å². The van der Waals surface area contributed by atoms with Crippen LogP contribution in [0.4, 0.5) is 8.78 Å². The Morgan fingerprint density at radius 1 is 1.10 bits per heavy atom. The first kappa shape index (κ1) is 14.5. The highest BCUT2D eigenvalue weighted by molar-refractivity contribution is 8.00. The van der Waals surface area contributed by atoms with Crippen molar-refractivity contribution in [2.24, 2.45) is 0 Å². The first-order chi connectivity index (χ1) is 9.65. The van der Waals surface area contributed by atoms with Crippen LogP contribution in [0, 0.1) is 11.6 Å². The van der Waals surface area contributed by atoms with Gasteiger partial charge in [-0.05, 0) is 23.8 Å². The molecule has 0 unspecified atom stereocenters. The topological polar surface area (TPSA) is 29.1 Å². The zero-order valence-electron chi connectivity index (χ0n) is 10.6. The largest absolute Gasteiger partial charge is 0.351 e. The zero-order chi connectivity index (χ0) is 14.4. The van der Waals surface area contributed by atoms with Gasteiger partial charge in [0.2, 0.25) is 5.91 Å². The van der Waals surface area contributed by atoms with Crippen LogP contribution < -0.4 is 5.32 Å². The maximum atomic E-state index is 13.4. The Labute approximate surface area is 120 Å². The quantitative estimate of drug-likeness (QED) is 0.856. The van der Waals surface area contributed by atoms with E-state index in [9.17, 15) is 13.6 Å². The van der Waals surface area contributed by atoms with Gasteiger partial charge >= 0.3 is 0 Å². The van der Waals surface area contributed by atoms with E-state index in [0.717, 1.165) is 35.5 Å². The van der Waals surface area contributed by atoms with Crippen LogP contribution in [0.25, 0.3) is 0 Å². The normalized spacial score (nSPS) is 10.3. The van der Waals surface area contributed by atoms with Crippen LogP contribution in [0.5, 0.6) is 0 Å². The molecule has 0 saturated heterocycles. The van der Waals surface area contributed by atoms with Crippen molar-refractivity contribution in [3.8, 4) is 0 Å². The molecule has 2 rings (SSSR count). The molecule has 0 fully saturated rings. The number of hydrogen-bond donors (Lipinski definition) is 1. The lowest BCUT2D eigenvalue weighted by Gasteiger charge is -2.06. The van der Waals surface area contributed by atoms with E-state index in [1.165, 1.54) is 0 Å². The molecule has 0 aliphatic rings. The van der Waals surface area contributed by atoms with Crippen LogP contribution in [0.3, 0.4) is 0 Å². The van der Waals surface area contributed by atoms with Crippen molar-refractivity contribution >= 4 is 17.7 Å². The number of thioether (sulfide) groups is 1. The molecule has 2 nitrogen and oxygen atoms in total. The summed E-state index contributed by atoms with van der Waals surface area (Å²) >= 11 is 0.977. The van der Waals surface area contributed by atoms with Gasteiger partial charge in [0.15, 0.2) is 0 Å². The number of amides is 1. The highest BCUT2D eigenvalue weighted by Gasteiger charge is 2.08. The molecule has 20 heavy (non-hydrogen) atoms. The third-order valence-electron chi connectivity index (χ3n) is 2.58. The van der Waals surface area contributed by atoms with Crippen molar-refractivity contribution in [2.75, 3.05) is 5.75 Å². The van der Waals surface area contributed by atoms with Gasteiger partial charge in [0, 0.05) is 11.4 Å². The van der Waals surface area contributed by atoms with E-state index in [1.807, 2.05) is 30.3 Å². The van der Waals surface area contributed by atoms with E-state index in [4.69, 9.17) is 0 Å². The highest BCUT2D eigenvalue weighted by Crippen LogP contribution is 2.22. The van der Waals surface area contributed by atoms with Crippen molar-refractivity contribution in [1.82, 2.24) is 5.32 Å². The second kappa shape index (κ2) is 7.05. The predicted octanol–water partition coefficient (Wildman–Crippen LogP) is 3.37. The lowest BCUT2D eigenvalue weighted by atomic mass is 10.2. The summed E-state index contributed by atoms with van der Waals surface area (Å²) in [6, 6.07) is 12.7. The Hall–Kier alpha value is -1.88. The van der Waals surface area contributed by atoms with Gasteiger partial charge in [0.1, 0.15) is 11.6 Å². The van der Waals surface area contributed by atoms with Crippen LogP contribution in [-0.4, -0.2) is 11.7 Å². The first-order valence-corrected chi connectivity index (χ1v) is 7.02. The molecule has 0 heterocycles. The van der Waals surface area contributed by atoms with E-state index < -0.39 is 11.6 Å². The number of benzene rings is 2. The monoisotopic (exact) mass is 293 g/mol. The fourth-order valence-corrected chi connectivity index (χ4v) is 2.37. The van der Waals surface area contributed by atoms with Gasteiger partial charge in [0.25, 0.3) is 0 Å². The lowest BCUT2D eigenvalue weighted by molar-refractivity contribution is -0.118. The molecule has 0 aliphatic carbocycles. The van der Waals surface area contributed by atoms with E-state index in [-0.39, 0.29) is 16.6 Å². The molecule has 5 heteroatoms. The van der Waals surface area contributed by atoms with Crippen molar-refractivity contribution in [1.29, 1.82) is 0 Å². The Morgan fingerprint density at radius 2 is 1.85 bits per heavy atom. The lowest BCUT2D eigenvalue weighted by Crippen LogP contribution is -2.24. The minimum atomic E-state index is -0.521. The van der Waals surface area contributed by atoms with Gasteiger partial charge in [-0.25, -0.2) is 8.78 Å². The summed E-state index contributed by atoms with van der Waals surface area (Å²) in [6.07, 6.45) is 0. The van der Waals surface area contributed by atoms with E-state index >= 15 is 0 Å². The summed E-state index contributed by atoms with van der Waals surface area (Å²) in [5.41, 5.74) is 0.989. The minimum Gasteiger partial charge on any atom is -0.351 e. The molecule has 104 valence electrons. The molecule has 0 aliphatic heterocycles. The Morgan fingerprint density at radius 3 is 2.60 bits per heavy atom. The number of carbonyl (C=O) groups is 1. The minimum absolute atomic E-state index is 0.0488. The average Bonchev–Trinajstić information content (AvgIpc) is 2.47. The molecule has 1 amide bonds. The maximum Gasteiger partial charge on any atom is 0.230 e. The van der Waals surface area contributed by atoms with E-state index in [2.05, 4.69) is 5.32 Å². The van der Waals surface area contributed by atoms with Gasteiger partial charge in [-0.1, -0.05) is 30.3 Å². The van der Waals surface area contributed by atoms with Gasteiger partial charge in [-0.2, -0.15) is 0 Å². The van der Waals surface area contributed by atoms with Crippen LogP contribution in [0.2, 0.25) is 0 Å². The summed E-state index contributed by atoms with van der Waals surface area (Å²) in [6.45, 7) is 0.422. The van der Waals surface area contributed by atoms with Crippen molar-refractivity contribution in [2.45, 2.75) is 11.4 Å². The molecule has 2 aromatic carbocycles. The Balaban J connectivity index is 1.82. The van der Waals surface area contributed by atoms with Crippen LogP contribution in [0.15, 0.2) is 53.4 Å². The Kier molecular flexibility index (Phi) is 5.12. The molecule has 0 radical (unpaired) electrons. The molecule has 0 bridgehead atoms. The number of hydrogen-bond acceptors (Lipinski definition) is 2. The maximum absolute atomic E-state index is 13.4. The molecule has 0 aromatic heterocycles. The van der Waals surface area contributed by atoms with Crippen LogP contribution >= 0.6 is 11.8 Å². The third kappa shape index (κ3) is 4.35. The number of nitrogens with one attached hydrogen (secondary N) is 1. The molecule has 0 saturated carbocycles. The molecular formula is C15H13F2NOS. The highest BCUT2D eigenvalue weighted by atomic mass is 32.2. The van der Waals surface area contributed by atoms with Crippen LogP contribution in [-0.2, 0) is 11.3 Å². The second-order valence-electron chi connectivity index (χ2n) is 4.13. The summed E-state index contributed by atoms with van der Waals surface area (Å²) in [4.78, 5) is 11.8. The molecule has 0 spiro atoms. The first-order valence-electron chi connectivity index (χ1n) is 6.03. The third-order valence-corrected chi connectivity index (χ3v) is 3.61. The summed E-state index contributed by atoms with van der Waals surface area (Å²) in [5.74, 6) is -1.21. The zero-order valence-corrected chi connectivity index (χ0v) is 11.4. The van der Waals surface area contributed by atoms with Gasteiger partial charge in [0.05, 0.1) is 5.75 Å². The average molecular weight is 293 g/mol. The Bertz CT molecular complexity index is 590. The molecular weight excluding hydrogens is 280 g/mol. The standard InChI is InChI=1S/C15H13F2NOS/c16-12-6-7-13(17)14(8-12)20-10-15(19)18-9-11-4-2-1-3-5-11/h1-8H,9-10H2,(H,18,19). The molecule has 0 atom stereocenters. The summed E-state index contributed by atoms with van der Waals surface area (Å²) in [7, 11) is 0. The SMILES string of the molecule is O=C(CSc1cc(F)ccc1F)NCc1ccccc1. The van der Waals surface area contributed by atoms with Crippen molar-refractivity contribution in [3.63, 3.8) is 0 Å². The van der Waals surface area contributed by atoms with Crippen molar-refractivity contribution in [3.05, 3.63) is 65.7 Å². The van der Waals surface area contributed by atoms with Gasteiger partial charge in [-0.3, -0.25) is 4.79 Å². The number of halogens is 2. The van der Waals surface area contributed by atoms with Crippen molar-refractivity contribution < 1.29 is 13.6 Å². The van der Waals surface area contributed by atoms with Gasteiger partial charge < -0.3 is 5.32 Å². The fourth-order valence-electron chi connectivity index (χ4n) is 1.58. The molecule has 2 aromatic rings. The predicted molar refractivity (Wildman–Crippen MR) is 75.4 cm³/mol. The van der Waals surface area contributed by atoms with Gasteiger partial charge in [-0.15, -0.1) is 11.8 Å². The smallest absolute Gasteiger partial charge is 0.230 e. The fraction of sp³-hybridized carbons (Fsp3) is 0.133.